The molecule has 2 atom stereocenters. The average Bonchev–Trinajstić information content (AvgIpc) is 2.31. The third kappa shape index (κ3) is 3.09. The molecule has 1 aromatic rings. The number of hydrazine groups is 1. The predicted octanol–water partition coefficient (Wildman–Crippen LogP) is 3.40. The maximum atomic E-state index is 13.0. The lowest BCUT2D eigenvalue weighted by Crippen LogP contribution is -2.51. The van der Waals surface area contributed by atoms with Gasteiger partial charge in [0.2, 0.25) is 0 Å². The highest BCUT2D eigenvalue weighted by Gasteiger charge is 2.24. The number of nitrogens with zero attached hydrogens (tertiary/aromatic N) is 1. The number of piperidine rings is 1. The molecule has 100 valence electrons. The highest BCUT2D eigenvalue weighted by molar-refractivity contribution is 5.26. The first-order valence-corrected chi connectivity index (χ1v) is 6.85. The monoisotopic (exact) mass is 250 g/mol. The van der Waals surface area contributed by atoms with E-state index in [9.17, 15) is 4.39 Å². The Morgan fingerprint density at radius 1 is 1.28 bits per heavy atom. The lowest BCUT2D eigenvalue weighted by molar-refractivity contribution is 0.0435. The molecule has 0 radical (unpaired) electrons. The third-order valence-corrected chi connectivity index (χ3v) is 3.95. The van der Waals surface area contributed by atoms with Crippen LogP contribution in [0.3, 0.4) is 0 Å². The summed E-state index contributed by atoms with van der Waals surface area (Å²) in [6, 6.07) is 6.16. The summed E-state index contributed by atoms with van der Waals surface area (Å²) < 4.78 is 13.0. The molecule has 0 aromatic heterocycles. The molecule has 0 amide bonds. The van der Waals surface area contributed by atoms with Gasteiger partial charge >= 0.3 is 0 Å². The van der Waals surface area contributed by atoms with Crippen LogP contribution in [0, 0.1) is 12.7 Å². The van der Waals surface area contributed by atoms with Crippen LogP contribution in [0.15, 0.2) is 18.2 Å². The second kappa shape index (κ2) is 5.81. The number of nitrogens with one attached hydrogen (secondary N) is 1. The molecule has 1 aromatic carbocycles. The number of hydrogen-bond acceptors (Lipinski definition) is 2. The fraction of sp³-hybridized carbons (Fsp3) is 0.600. The Bertz CT molecular complexity index is 395. The van der Waals surface area contributed by atoms with Gasteiger partial charge in [0.1, 0.15) is 5.82 Å². The van der Waals surface area contributed by atoms with E-state index in [2.05, 4.69) is 24.3 Å². The zero-order chi connectivity index (χ0) is 13.1. The number of hydrogen-bond donors (Lipinski definition) is 1. The molecule has 1 saturated heterocycles. The summed E-state index contributed by atoms with van der Waals surface area (Å²) in [5.74, 6) is -0.157. The normalized spacial score (nSPS) is 25.3. The molecular weight excluding hydrogens is 227 g/mol. The largest absolute Gasteiger partial charge is 0.250 e. The van der Waals surface area contributed by atoms with Crippen molar-refractivity contribution >= 4 is 0 Å². The van der Waals surface area contributed by atoms with Gasteiger partial charge in [-0.1, -0.05) is 12.5 Å². The second-order valence-electron chi connectivity index (χ2n) is 5.44. The summed E-state index contributed by atoms with van der Waals surface area (Å²) in [4.78, 5) is 0. The summed E-state index contributed by atoms with van der Waals surface area (Å²) in [6.07, 6.45) is 3.82. The number of halogens is 1. The first-order chi connectivity index (χ1) is 8.58. The van der Waals surface area contributed by atoms with Crippen molar-refractivity contribution in [3.8, 4) is 0 Å². The van der Waals surface area contributed by atoms with Gasteiger partial charge in [-0.25, -0.2) is 9.40 Å². The molecule has 0 aliphatic carbocycles. The van der Waals surface area contributed by atoms with Crippen molar-refractivity contribution in [3.63, 3.8) is 0 Å². The Morgan fingerprint density at radius 3 is 2.56 bits per heavy atom. The van der Waals surface area contributed by atoms with Crippen molar-refractivity contribution in [2.75, 3.05) is 0 Å². The van der Waals surface area contributed by atoms with E-state index in [1.807, 2.05) is 13.0 Å². The fourth-order valence-electron chi connectivity index (χ4n) is 2.77. The van der Waals surface area contributed by atoms with Gasteiger partial charge in [0.25, 0.3) is 0 Å². The van der Waals surface area contributed by atoms with Gasteiger partial charge in [0.15, 0.2) is 0 Å². The van der Waals surface area contributed by atoms with E-state index in [1.54, 1.807) is 6.07 Å². The van der Waals surface area contributed by atoms with Crippen LogP contribution >= 0.6 is 0 Å². The van der Waals surface area contributed by atoms with Crippen LogP contribution in [0.1, 0.15) is 44.2 Å². The third-order valence-electron chi connectivity index (χ3n) is 3.95. The smallest absolute Gasteiger partial charge is 0.123 e. The average molecular weight is 250 g/mol. The van der Waals surface area contributed by atoms with E-state index in [0.717, 1.165) is 12.1 Å². The SMILES string of the molecule is Cc1cc(F)ccc1CNN1C(C)CCCC1C. The number of rotatable bonds is 3. The minimum absolute atomic E-state index is 0.157. The maximum absolute atomic E-state index is 13.0. The summed E-state index contributed by atoms with van der Waals surface area (Å²) in [6.45, 7) is 7.27. The molecule has 3 heteroatoms. The molecule has 1 fully saturated rings. The van der Waals surface area contributed by atoms with Crippen LogP contribution in [0.4, 0.5) is 4.39 Å². The van der Waals surface area contributed by atoms with E-state index in [-0.39, 0.29) is 5.82 Å². The van der Waals surface area contributed by atoms with E-state index in [1.165, 1.54) is 30.9 Å². The van der Waals surface area contributed by atoms with Gasteiger partial charge in [-0.05, 0) is 56.9 Å². The van der Waals surface area contributed by atoms with Crippen molar-refractivity contribution in [2.24, 2.45) is 0 Å². The summed E-state index contributed by atoms with van der Waals surface area (Å²) in [7, 11) is 0. The first-order valence-electron chi connectivity index (χ1n) is 6.85. The first kappa shape index (κ1) is 13.5. The topological polar surface area (TPSA) is 15.3 Å². The second-order valence-corrected chi connectivity index (χ2v) is 5.44. The van der Waals surface area contributed by atoms with E-state index >= 15 is 0 Å². The lowest BCUT2D eigenvalue weighted by Gasteiger charge is -2.39. The zero-order valence-electron chi connectivity index (χ0n) is 11.5. The van der Waals surface area contributed by atoms with E-state index in [0.29, 0.717) is 12.1 Å². The van der Waals surface area contributed by atoms with Crippen molar-refractivity contribution in [2.45, 2.75) is 58.7 Å². The molecule has 1 aliphatic rings. The van der Waals surface area contributed by atoms with E-state index < -0.39 is 0 Å². The Balaban J connectivity index is 1.97. The van der Waals surface area contributed by atoms with Crippen LogP contribution < -0.4 is 5.43 Å². The van der Waals surface area contributed by atoms with Crippen LogP contribution in [0.2, 0.25) is 0 Å². The molecule has 0 bridgehead atoms. The van der Waals surface area contributed by atoms with Crippen molar-refractivity contribution in [1.29, 1.82) is 0 Å². The molecule has 1 N–H and O–H groups in total. The minimum atomic E-state index is -0.157. The Kier molecular flexibility index (Phi) is 4.36. The Hall–Kier alpha value is -0.930. The van der Waals surface area contributed by atoms with Crippen LogP contribution in [-0.4, -0.2) is 17.1 Å². The summed E-state index contributed by atoms with van der Waals surface area (Å²) in [5, 5.41) is 2.35. The summed E-state index contributed by atoms with van der Waals surface area (Å²) >= 11 is 0. The molecule has 0 saturated carbocycles. The van der Waals surface area contributed by atoms with Crippen molar-refractivity contribution in [3.05, 3.63) is 35.1 Å². The molecule has 1 heterocycles. The van der Waals surface area contributed by atoms with Crippen LogP contribution in [-0.2, 0) is 6.54 Å². The molecule has 0 spiro atoms. The molecule has 2 unspecified atom stereocenters. The zero-order valence-corrected chi connectivity index (χ0v) is 11.5. The molecule has 18 heavy (non-hydrogen) atoms. The predicted molar refractivity (Wildman–Crippen MR) is 72.6 cm³/mol. The minimum Gasteiger partial charge on any atom is -0.250 e. The standard InChI is InChI=1S/C15H23FN2/c1-11-9-15(16)8-7-14(11)10-17-18-12(2)5-4-6-13(18)3/h7-9,12-13,17H,4-6,10H2,1-3H3. The molecule has 1 aliphatic heterocycles. The highest BCUT2D eigenvalue weighted by Crippen LogP contribution is 2.20. The Labute approximate surface area is 109 Å². The summed E-state index contributed by atoms with van der Waals surface area (Å²) in [5.41, 5.74) is 5.69. The highest BCUT2D eigenvalue weighted by atomic mass is 19.1. The van der Waals surface area contributed by atoms with Gasteiger partial charge in [0.05, 0.1) is 0 Å². The number of aryl methyl sites for hydroxylation is 1. The fourth-order valence-corrected chi connectivity index (χ4v) is 2.77. The Morgan fingerprint density at radius 2 is 1.94 bits per heavy atom. The van der Waals surface area contributed by atoms with Gasteiger partial charge in [-0.3, -0.25) is 5.43 Å². The van der Waals surface area contributed by atoms with Crippen molar-refractivity contribution < 1.29 is 4.39 Å². The number of benzene rings is 1. The van der Waals surface area contributed by atoms with Crippen molar-refractivity contribution in [1.82, 2.24) is 10.4 Å². The molecular formula is C15H23FN2. The maximum Gasteiger partial charge on any atom is 0.123 e. The molecule has 2 rings (SSSR count). The van der Waals surface area contributed by atoms with Gasteiger partial charge in [0, 0.05) is 18.6 Å². The van der Waals surface area contributed by atoms with Crippen LogP contribution in [0.25, 0.3) is 0 Å². The van der Waals surface area contributed by atoms with Gasteiger partial charge in [-0.2, -0.15) is 0 Å². The van der Waals surface area contributed by atoms with Crippen LogP contribution in [0.5, 0.6) is 0 Å². The van der Waals surface area contributed by atoms with Gasteiger partial charge in [-0.15, -0.1) is 0 Å². The van der Waals surface area contributed by atoms with Gasteiger partial charge < -0.3 is 0 Å². The molecule has 2 nitrogen and oxygen atoms in total. The lowest BCUT2D eigenvalue weighted by atomic mass is 10.00. The van der Waals surface area contributed by atoms with E-state index in [4.69, 9.17) is 0 Å². The quantitative estimate of drug-likeness (QED) is 0.884.